The van der Waals surface area contributed by atoms with Crippen molar-refractivity contribution in [1.29, 1.82) is 0 Å². The molecule has 0 bridgehead atoms. The maximum atomic E-state index is 11.0. The van der Waals surface area contributed by atoms with E-state index in [9.17, 15) is 4.79 Å². The summed E-state index contributed by atoms with van der Waals surface area (Å²) in [6.45, 7) is 3.54. The van der Waals surface area contributed by atoms with Crippen LogP contribution in [0.1, 0.15) is 13.8 Å². The van der Waals surface area contributed by atoms with E-state index in [2.05, 4.69) is 22.2 Å². The third-order valence-corrected chi connectivity index (χ3v) is 1.73. The molecule has 3 nitrogen and oxygen atoms in total. The maximum absolute atomic E-state index is 11.0. The van der Waals surface area contributed by atoms with Gasteiger partial charge in [0.1, 0.15) is 6.04 Å². The summed E-state index contributed by atoms with van der Waals surface area (Å²) < 4.78 is 3.96. The lowest BCUT2D eigenvalue weighted by Crippen LogP contribution is -2.46. The van der Waals surface area contributed by atoms with Gasteiger partial charge in [-0.2, -0.15) is 12.6 Å². The Hall–Kier alpha value is 0.0700. The molecule has 0 saturated heterocycles. The third-order valence-electron chi connectivity index (χ3n) is 1.25. The molecular formula is C6H12ClNO2S. The van der Waals surface area contributed by atoms with E-state index in [1.807, 2.05) is 0 Å². The van der Waals surface area contributed by atoms with Crippen LogP contribution in [0.4, 0.5) is 0 Å². The minimum Gasteiger partial charge on any atom is -0.468 e. The molecule has 1 N–H and O–H groups in total. The van der Waals surface area contributed by atoms with Crippen LogP contribution >= 0.6 is 24.4 Å². The Morgan fingerprint density at radius 2 is 2.18 bits per heavy atom. The second-order valence-corrected chi connectivity index (χ2v) is 4.09. The molecule has 0 aliphatic carbocycles. The van der Waals surface area contributed by atoms with Gasteiger partial charge in [0.15, 0.2) is 0 Å². The lowest BCUT2D eigenvalue weighted by atomic mass is 10.1. The summed E-state index contributed by atoms with van der Waals surface area (Å²) in [5.74, 6) is -0.417. The number of hydrogen-bond acceptors (Lipinski definition) is 4. The lowest BCUT2D eigenvalue weighted by Gasteiger charge is -2.25. The topological polar surface area (TPSA) is 38.3 Å². The van der Waals surface area contributed by atoms with Gasteiger partial charge in [-0.3, -0.25) is 4.79 Å². The van der Waals surface area contributed by atoms with Gasteiger partial charge in [0.05, 0.1) is 7.11 Å². The van der Waals surface area contributed by atoms with Crippen molar-refractivity contribution in [2.45, 2.75) is 24.6 Å². The number of esters is 1. The number of methoxy groups -OCH3 is 1. The standard InChI is InChI=1S/C6H12ClNO2S/c1-6(2,11)4(8-7)5(9)10-3/h4,8,11H,1-3H3/t4-/m1/s1. The first kappa shape index (κ1) is 11.1. The SMILES string of the molecule is COC(=O)[C@@H](NCl)C(C)(C)S. The second kappa shape index (κ2) is 4.18. The average molecular weight is 198 g/mol. The molecule has 0 radical (unpaired) electrons. The van der Waals surface area contributed by atoms with Crippen molar-refractivity contribution >= 4 is 30.4 Å². The van der Waals surface area contributed by atoms with Crippen molar-refractivity contribution in [1.82, 2.24) is 4.84 Å². The molecule has 0 spiro atoms. The highest BCUT2D eigenvalue weighted by Gasteiger charge is 2.32. The Morgan fingerprint density at radius 3 is 2.27 bits per heavy atom. The van der Waals surface area contributed by atoms with Crippen LogP contribution in [0.5, 0.6) is 0 Å². The zero-order chi connectivity index (χ0) is 9.07. The monoisotopic (exact) mass is 197 g/mol. The molecule has 0 heterocycles. The fourth-order valence-corrected chi connectivity index (χ4v) is 1.19. The number of carbonyl (C=O) groups is 1. The van der Waals surface area contributed by atoms with Crippen molar-refractivity contribution in [3.8, 4) is 0 Å². The molecule has 0 aliphatic rings. The molecule has 1 atom stereocenters. The van der Waals surface area contributed by atoms with Crippen molar-refractivity contribution in [3.05, 3.63) is 0 Å². The van der Waals surface area contributed by atoms with Gasteiger partial charge in [0.2, 0.25) is 0 Å². The van der Waals surface area contributed by atoms with E-state index in [0.717, 1.165) is 0 Å². The van der Waals surface area contributed by atoms with Crippen LogP contribution in [0.15, 0.2) is 0 Å². The number of carbonyl (C=O) groups excluding carboxylic acids is 1. The molecule has 0 unspecified atom stereocenters. The smallest absolute Gasteiger partial charge is 0.325 e. The molecule has 5 heteroatoms. The molecule has 0 aromatic rings. The van der Waals surface area contributed by atoms with E-state index in [1.165, 1.54) is 7.11 Å². The van der Waals surface area contributed by atoms with Crippen LogP contribution in [0.25, 0.3) is 0 Å². The van der Waals surface area contributed by atoms with E-state index in [1.54, 1.807) is 13.8 Å². The van der Waals surface area contributed by atoms with Crippen molar-refractivity contribution in [2.75, 3.05) is 7.11 Å². The van der Waals surface area contributed by atoms with Crippen molar-refractivity contribution in [2.24, 2.45) is 0 Å². The van der Waals surface area contributed by atoms with Gasteiger partial charge in [-0.25, -0.2) is 4.84 Å². The minimum atomic E-state index is -0.600. The Bertz CT molecular complexity index is 146. The van der Waals surface area contributed by atoms with E-state index >= 15 is 0 Å². The zero-order valence-electron chi connectivity index (χ0n) is 6.72. The number of rotatable bonds is 3. The number of thiol groups is 1. The summed E-state index contributed by atoms with van der Waals surface area (Å²) in [5, 5.41) is 0. The molecule has 0 fully saturated rings. The maximum Gasteiger partial charge on any atom is 0.325 e. The summed E-state index contributed by atoms with van der Waals surface area (Å²) in [7, 11) is 1.31. The van der Waals surface area contributed by atoms with Gasteiger partial charge < -0.3 is 4.74 Å². The Labute approximate surface area is 77.0 Å². The molecule has 0 aliphatic heterocycles. The summed E-state index contributed by atoms with van der Waals surface area (Å²) in [6.07, 6.45) is 0. The first-order valence-electron chi connectivity index (χ1n) is 3.10. The Morgan fingerprint density at radius 1 is 1.73 bits per heavy atom. The largest absolute Gasteiger partial charge is 0.468 e. The zero-order valence-corrected chi connectivity index (χ0v) is 8.37. The van der Waals surface area contributed by atoms with Gasteiger partial charge in [0.25, 0.3) is 0 Å². The van der Waals surface area contributed by atoms with E-state index in [0.29, 0.717) is 0 Å². The predicted octanol–water partition coefficient (Wildman–Crippen LogP) is 0.980. The molecule has 11 heavy (non-hydrogen) atoms. The number of halogens is 1. The van der Waals surface area contributed by atoms with E-state index in [4.69, 9.17) is 11.8 Å². The first-order chi connectivity index (χ1) is 4.93. The fourth-order valence-electron chi connectivity index (χ4n) is 0.584. The number of nitrogens with one attached hydrogen (secondary N) is 1. The van der Waals surface area contributed by atoms with E-state index in [-0.39, 0.29) is 0 Å². The molecule has 0 amide bonds. The minimum absolute atomic E-state index is 0.417. The molecule has 0 aromatic heterocycles. The summed E-state index contributed by atoms with van der Waals surface area (Å²) in [6, 6.07) is -0.600. The Balaban J connectivity index is 4.29. The van der Waals surface area contributed by atoms with Gasteiger partial charge >= 0.3 is 5.97 Å². The van der Waals surface area contributed by atoms with Crippen LogP contribution in [0.3, 0.4) is 0 Å². The third kappa shape index (κ3) is 3.31. The van der Waals surface area contributed by atoms with Crippen LogP contribution in [0, 0.1) is 0 Å². The van der Waals surface area contributed by atoms with Crippen LogP contribution < -0.4 is 4.84 Å². The van der Waals surface area contributed by atoms with Crippen molar-refractivity contribution in [3.63, 3.8) is 0 Å². The highest BCUT2D eigenvalue weighted by Crippen LogP contribution is 2.18. The van der Waals surface area contributed by atoms with Crippen molar-refractivity contribution < 1.29 is 9.53 Å². The fraction of sp³-hybridized carbons (Fsp3) is 0.833. The van der Waals surface area contributed by atoms with Crippen LogP contribution in [0.2, 0.25) is 0 Å². The van der Waals surface area contributed by atoms with E-state index < -0.39 is 16.8 Å². The quantitative estimate of drug-likeness (QED) is 0.403. The predicted molar refractivity (Wildman–Crippen MR) is 47.9 cm³/mol. The molecular weight excluding hydrogens is 186 g/mol. The summed E-state index contributed by atoms with van der Waals surface area (Å²) in [5.41, 5.74) is 0. The van der Waals surface area contributed by atoms with Crippen LogP contribution in [-0.4, -0.2) is 23.9 Å². The molecule has 0 aromatic carbocycles. The summed E-state index contributed by atoms with van der Waals surface area (Å²) in [4.78, 5) is 13.3. The Kier molecular flexibility index (Phi) is 4.21. The highest BCUT2D eigenvalue weighted by atomic mass is 35.5. The first-order valence-corrected chi connectivity index (χ1v) is 3.92. The normalized spacial score (nSPS) is 14.3. The van der Waals surface area contributed by atoms with Gasteiger partial charge in [-0.05, 0) is 25.6 Å². The number of ether oxygens (including phenoxy) is 1. The van der Waals surface area contributed by atoms with Crippen LogP contribution in [-0.2, 0) is 9.53 Å². The second-order valence-electron chi connectivity index (χ2n) is 2.72. The summed E-state index contributed by atoms with van der Waals surface area (Å²) >= 11 is 9.50. The lowest BCUT2D eigenvalue weighted by molar-refractivity contribution is -0.143. The highest BCUT2D eigenvalue weighted by molar-refractivity contribution is 7.81. The molecule has 66 valence electrons. The molecule has 0 rings (SSSR count). The molecule has 0 saturated carbocycles. The van der Waals surface area contributed by atoms with Gasteiger partial charge in [-0.15, -0.1) is 0 Å². The van der Waals surface area contributed by atoms with Gasteiger partial charge in [0, 0.05) is 4.75 Å². The number of hydrogen-bond donors (Lipinski definition) is 2. The van der Waals surface area contributed by atoms with Gasteiger partial charge in [-0.1, -0.05) is 0 Å². The average Bonchev–Trinajstić information content (AvgIpc) is 1.86.